The predicted molar refractivity (Wildman–Crippen MR) is 38.7 cm³/mol. The maximum absolute atomic E-state index is 3.99. The van der Waals surface area contributed by atoms with E-state index in [1.165, 1.54) is 25.7 Å². The molecule has 0 saturated carbocycles. The van der Waals surface area contributed by atoms with E-state index in [0.29, 0.717) is 5.92 Å². The third-order valence-electron chi connectivity index (χ3n) is 1.54. The first-order valence-electron chi connectivity index (χ1n) is 3.64. The zero-order valence-electron chi connectivity index (χ0n) is 6.45. The smallest absolute Gasteiger partial charge is 0 e. The van der Waals surface area contributed by atoms with Crippen LogP contribution in [0.15, 0.2) is 0 Å². The summed E-state index contributed by atoms with van der Waals surface area (Å²) in [6.07, 6.45) is 5.21. The fourth-order valence-electron chi connectivity index (χ4n) is 0.697. The second-order valence-electron chi connectivity index (χ2n) is 2.42. The Morgan fingerprint density at radius 2 is 1.89 bits per heavy atom. The van der Waals surface area contributed by atoms with Crippen LogP contribution in [0.25, 0.3) is 0 Å². The van der Waals surface area contributed by atoms with Crippen molar-refractivity contribution in [3.05, 3.63) is 6.92 Å². The molecular weight excluding hydrogens is 155 g/mol. The molecule has 1 atom stereocenters. The normalized spacial score (nSPS) is 12.3. The molecule has 0 fully saturated rings. The zero-order chi connectivity index (χ0) is 6.41. The molecule has 0 saturated heterocycles. The number of rotatable bonds is 4. The summed E-state index contributed by atoms with van der Waals surface area (Å²) in [6.45, 7) is 8.42. The van der Waals surface area contributed by atoms with Gasteiger partial charge in [-0.15, -0.1) is 0 Å². The van der Waals surface area contributed by atoms with Gasteiger partial charge in [0, 0.05) is 16.8 Å². The predicted octanol–water partition coefficient (Wildman–Crippen LogP) is 3.03. The molecular formula is C8H17Co. The van der Waals surface area contributed by atoms with Gasteiger partial charge in [0.2, 0.25) is 0 Å². The topological polar surface area (TPSA) is 0 Å². The third-order valence-corrected chi connectivity index (χ3v) is 1.54. The summed E-state index contributed by atoms with van der Waals surface area (Å²) >= 11 is 0. The molecule has 0 aromatic rings. The largest absolute Gasteiger partial charge is 0.0654 e. The van der Waals surface area contributed by atoms with Crippen molar-refractivity contribution >= 4 is 0 Å². The van der Waals surface area contributed by atoms with Crippen molar-refractivity contribution < 1.29 is 16.8 Å². The maximum atomic E-state index is 3.99. The summed E-state index contributed by atoms with van der Waals surface area (Å²) in [5.41, 5.74) is 0. The van der Waals surface area contributed by atoms with E-state index in [2.05, 4.69) is 20.8 Å². The minimum atomic E-state index is 0. The Morgan fingerprint density at radius 3 is 2.22 bits per heavy atom. The molecule has 1 heteroatoms. The first kappa shape index (κ1) is 12.2. The summed E-state index contributed by atoms with van der Waals surface area (Å²) in [4.78, 5) is 0. The summed E-state index contributed by atoms with van der Waals surface area (Å²) in [7, 11) is 0. The molecule has 0 nitrogen and oxygen atoms in total. The molecule has 0 aliphatic heterocycles. The van der Waals surface area contributed by atoms with Crippen molar-refractivity contribution in [1.29, 1.82) is 0 Å². The molecule has 0 aliphatic rings. The summed E-state index contributed by atoms with van der Waals surface area (Å²) < 4.78 is 0. The standard InChI is InChI=1S/C8H17.Co/c1-4-6-7-8(3)5-2;/h8H,3-7H2,1-2H3;. The van der Waals surface area contributed by atoms with Gasteiger partial charge >= 0.3 is 0 Å². The van der Waals surface area contributed by atoms with E-state index in [1.807, 2.05) is 0 Å². The molecule has 0 rings (SSSR count). The van der Waals surface area contributed by atoms with Gasteiger partial charge in [-0.05, 0) is 5.92 Å². The Balaban J connectivity index is 0. The van der Waals surface area contributed by atoms with Gasteiger partial charge in [-0.3, -0.25) is 0 Å². The van der Waals surface area contributed by atoms with Gasteiger partial charge in [-0.2, -0.15) is 0 Å². The van der Waals surface area contributed by atoms with Gasteiger partial charge in [0.05, 0.1) is 0 Å². The second-order valence-corrected chi connectivity index (χ2v) is 2.42. The fraction of sp³-hybridized carbons (Fsp3) is 0.875. The molecule has 58 valence electrons. The van der Waals surface area contributed by atoms with E-state index in [9.17, 15) is 0 Å². The van der Waals surface area contributed by atoms with Crippen molar-refractivity contribution in [2.45, 2.75) is 39.5 Å². The average Bonchev–Trinajstić information content (AvgIpc) is 1.83. The van der Waals surface area contributed by atoms with Crippen LogP contribution < -0.4 is 0 Å². The first-order chi connectivity index (χ1) is 3.81. The summed E-state index contributed by atoms with van der Waals surface area (Å²) in [5.74, 6) is 0.704. The molecule has 0 aliphatic carbocycles. The third kappa shape index (κ3) is 8.51. The van der Waals surface area contributed by atoms with Crippen molar-refractivity contribution in [2.24, 2.45) is 5.92 Å². The van der Waals surface area contributed by atoms with Crippen LogP contribution in [-0.2, 0) is 16.8 Å². The molecule has 2 radical (unpaired) electrons. The quantitative estimate of drug-likeness (QED) is 0.611. The summed E-state index contributed by atoms with van der Waals surface area (Å²) in [5, 5.41) is 0. The van der Waals surface area contributed by atoms with Crippen molar-refractivity contribution in [3.8, 4) is 0 Å². The average molecular weight is 172 g/mol. The van der Waals surface area contributed by atoms with Crippen LogP contribution in [-0.4, -0.2) is 0 Å². The number of hydrogen-bond acceptors (Lipinski definition) is 0. The molecule has 0 aromatic carbocycles. The van der Waals surface area contributed by atoms with Crippen LogP contribution in [0, 0.1) is 12.8 Å². The van der Waals surface area contributed by atoms with E-state index in [1.54, 1.807) is 0 Å². The van der Waals surface area contributed by atoms with Crippen LogP contribution >= 0.6 is 0 Å². The molecule has 0 amide bonds. The minimum absolute atomic E-state index is 0. The number of unbranched alkanes of at least 4 members (excludes halogenated alkanes) is 1. The Labute approximate surface area is 69.6 Å². The van der Waals surface area contributed by atoms with Gasteiger partial charge in [-0.1, -0.05) is 46.5 Å². The van der Waals surface area contributed by atoms with Crippen LogP contribution in [0.4, 0.5) is 0 Å². The first-order valence-corrected chi connectivity index (χ1v) is 3.64. The van der Waals surface area contributed by atoms with Crippen LogP contribution in [0.1, 0.15) is 39.5 Å². The van der Waals surface area contributed by atoms with Crippen LogP contribution in [0.3, 0.4) is 0 Å². The molecule has 0 N–H and O–H groups in total. The summed E-state index contributed by atoms with van der Waals surface area (Å²) in [6, 6.07) is 0. The van der Waals surface area contributed by atoms with Gasteiger partial charge < -0.3 is 0 Å². The molecule has 9 heavy (non-hydrogen) atoms. The van der Waals surface area contributed by atoms with E-state index in [-0.39, 0.29) is 16.8 Å². The van der Waals surface area contributed by atoms with E-state index in [4.69, 9.17) is 0 Å². The van der Waals surface area contributed by atoms with Gasteiger partial charge in [-0.25, -0.2) is 0 Å². The Kier molecular flexibility index (Phi) is 11.5. The van der Waals surface area contributed by atoms with Crippen molar-refractivity contribution in [3.63, 3.8) is 0 Å². The molecule has 0 bridgehead atoms. The van der Waals surface area contributed by atoms with Gasteiger partial charge in [0.25, 0.3) is 0 Å². The fourth-order valence-corrected chi connectivity index (χ4v) is 0.697. The van der Waals surface area contributed by atoms with Crippen LogP contribution in [0.5, 0.6) is 0 Å². The van der Waals surface area contributed by atoms with Crippen LogP contribution in [0.2, 0.25) is 0 Å². The molecule has 0 spiro atoms. The van der Waals surface area contributed by atoms with Crippen molar-refractivity contribution in [1.82, 2.24) is 0 Å². The van der Waals surface area contributed by atoms with Gasteiger partial charge in [0.1, 0.15) is 0 Å². The maximum Gasteiger partial charge on any atom is 0 e. The molecule has 0 heterocycles. The van der Waals surface area contributed by atoms with Gasteiger partial charge in [0.15, 0.2) is 0 Å². The Bertz CT molecular complexity index is 43.8. The van der Waals surface area contributed by atoms with E-state index < -0.39 is 0 Å². The Hall–Kier alpha value is 0.506. The molecule has 1 unspecified atom stereocenters. The second kappa shape index (κ2) is 8.51. The van der Waals surface area contributed by atoms with Crippen molar-refractivity contribution in [2.75, 3.05) is 0 Å². The minimum Gasteiger partial charge on any atom is -0.0654 e. The monoisotopic (exact) mass is 172 g/mol. The zero-order valence-corrected chi connectivity index (χ0v) is 7.49. The number of hydrogen-bond donors (Lipinski definition) is 0. The van der Waals surface area contributed by atoms with E-state index >= 15 is 0 Å². The van der Waals surface area contributed by atoms with E-state index in [0.717, 1.165) is 0 Å². The Morgan fingerprint density at radius 1 is 1.33 bits per heavy atom. The SMILES string of the molecule is [CH2]C(CC)CCCC.[Co]. The molecule has 0 aromatic heterocycles.